The first-order valence-electron chi connectivity index (χ1n) is 10.1. The zero-order chi connectivity index (χ0) is 22.4. The van der Waals surface area contributed by atoms with Crippen LogP contribution in [0.2, 0.25) is 0 Å². The van der Waals surface area contributed by atoms with Crippen LogP contribution < -0.4 is 5.32 Å². The number of carbonyl (C=O) groups excluding carboxylic acids is 3. The third kappa shape index (κ3) is 5.44. The van der Waals surface area contributed by atoms with E-state index in [1.54, 1.807) is 9.80 Å². The van der Waals surface area contributed by atoms with Crippen molar-refractivity contribution in [3.05, 3.63) is 75.3 Å². The van der Waals surface area contributed by atoms with E-state index >= 15 is 0 Å². The van der Waals surface area contributed by atoms with Crippen molar-refractivity contribution < 1.29 is 19.3 Å². The number of nitro benzene ring substituents is 1. The van der Waals surface area contributed by atoms with E-state index in [2.05, 4.69) is 12.2 Å². The molecule has 1 saturated heterocycles. The number of nitrogens with zero attached hydrogens (tertiary/aromatic N) is 3. The Kier molecular flexibility index (Phi) is 6.96. The molecule has 9 heteroatoms. The summed E-state index contributed by atoms with van der Waals surface area (Å²) in [5.74, 6) is -0.881. The van der Waals surface area contributed by atoms with Gasteiger partial charge in [-0.3, -0.25) is 24.5 Å². The summed E-state index contributed by atoms with van der Waals surface area (Å²) in [6.45, 7) is 3.43. The number of hydrogen-bond acceptors (Lipinski definition) is 5. The first-order valence-corrected chi connectivity index (χ1v) is 10.1. The highest BCUT2D eigenvalue weighted by molar-refractivity contribution is 5.97. The van der Waals surface area contributed by atoms with Gasteiger partial charge in [0.15, 0.2) is 0 Å². The van der Waals surface area contributed by atoms with E-state index in [1.165, 1.54) is 23.8 Å². The highest BCUT2D eigenvalue weighted by Gasteiger charge is 2.25. The van der Waals surface area contributed by atoms with Gasteiger partial charge in [0.25, 0.3) is 17.5 Å². The summed E-state index contributed by atoms with van der Waals surface area (Å²) in [7, 11) is 0. The molecule has 0 atom stereocenters. The van der Waals surface area contributed by atoms with Crippen LogP contribution in [0.4, 0.5) is 5.69 Å². The van der Waals surface area contributed by atoms with Gasteiger partial charge in [-0.1, -0.05) is 25.1 Å². The molecule has 2 aromatic rings. The second kappa shape index (κ2) is 9.84. The molecule has 1 N–H and O–H groups in total. The minimum Gasteiger partial charge on any atom is -0.343 e. The fourth-order valence-electron chi connectivity index (χ4n) is 3.36. The monoisotopic (exact) mass is 424 g/mol. The summed E-state index contributed by atoms with van der Waals surface area (Å²) in [5, 5.41) is 13.3. The summed E-state index contributed by atoms with van der Waals surface area (Å²) in [5.41, 5.74) is 1.72. The van der Waals surface area contributed by atoms with Crippen molar-refractivity contribution in [2.45, 2.75) is 13.3 Å². The van der Waals surface area contributed by atoms with Crippen LogP contribution >= 0.6 is 0 Å². The van der Waals surface area contributed by atoms with Crippen molar-refractivity contribution >= 4 is 23.4 Å². The minimum atomic E-state index is -0.582. The SMILES string of the molecule is CCc1ccc(C(=O)N2CCN(C(=O)CNC(=O)c3cccc([N+](=O)[O-])c3)CC2)cc1. The van der Waals surface area contributed by atoms with Crippen LogP contribution in [-0.2, 0) is 11.2 Å². The molecular weight excluding hydrogens is 400 g/mol. The lowest BCUT2D eigenvalue weighted by atomic mass is 10.1. The Labute approximate surface area is 179 Å². The summed E-state index contributed by atoms with van der Waals surface area (Å²) >= 11 is 0. The molecule has 2 aromatic carbocycles. The lowest BCUT2D eigenvalue weighted by molar-refractivity contribution is -0.384. The van der Waals surface area contributed by atoms with Crippen LogP contribution in [-0.4, -0.2) is 65.2 Å². The highest BCUT2D eigenvalue weighted by atomic mass is 16.6. The second-order valence-electron chi connectivity index (χ2n) is 7.21. The zero-order valence-corrected chi connectivity index (χ0v) is 17.2. The molecule has 1 aliphatic rings. The quantitative estimate of drug-likeness (QED) is 0.562. The second-order valence-corrected chi connectivity index (χ2v) is 7.21. The number of carbonyl (C=O) groups is 3. The number of piperazine rings is 1. The molecule has 1 aliphatic heterocycles. The van der Waals surface area contributed by atoms with Crippen LogP contribution in [0.15, 0.2) is 48.5 Å². The molecule has 0 aromatic heterocycles. The van der Waals surface area contributed by atoms with Crippen LogP contribution in [0.1, 0.15) is 33.2 Å². The molecule has 0 spiro atoms. The van der Waals surface area contributed by atoms with Gasteiger partial charge in [-0.05, 0) is 30.2 Å². The van der Waals surface area contributed by atoms with E-state index in [-0.39, 0.29) is 29.6 Å². The Hall–Kier alpha value is -3.75. The predicted molar refractivity (Wildman–Crippen MR) is 114 cm³/mol. The number of non-ortho nitro benzene ring substituents is 1. The number of hydrogen-bond donors (Lipinski definition) is 1. The largest absolute Gasteiger partial charge is 0.343 e. The molecule has 3 amide bonds. The molecule has 0 aliphatic carbocycles. The number of nitrogens with one attached hydrogen (secondary N) is 1. The molecule has 0 unspecified atom stereocenters. The van der Waals surface area contributed by atoms with E-state index in [0.29, 0.717) is 31.7 Å². The van der Waals surface area contributed by atoms with Gasteiger partial charge in [0.2, 0.25) is 5.91 Å². The number of aryl methyl sites for hydroxylation is 1. The van der Waals surface area contributed by atoms with Crippen LogP contribution in [0.25, 0.3) is 0 Å². The fraction of sp³-hybridized carbons (Fsp3) is 0.318. The third-order valence-electron chi connectivity index (χ3n) is 5.25. The van der Waals surface area contributed by atoms with Gasteiger partial charge in [0, 0.05) is 49.4 Å². The maximum Gasteiger partial charge on any atom is 0.270 e. The lowest BCUT2D eigenvalue weighted by Crippen LogP contribution is -2.52. The number of rotatable bonds is 6. The van der Waals surface area contributed by atoms with E-state index in [0.717, 1.165) is 12.5 Å². The van der Waals surface area contributed by atoms with E-state index in [9.17, 15) is 24.5 Å². The molecule has 31 heavy (non-hydrogen) atoms. The fourth-order valence-corrected chi connectivity index (χ4v) is 3.36. The van der Waals surface area contributed by atoms with Crippen LogP contribution in [0.3, 0.4) is 0 Å². The Balaban J connectivity index is 1.48. The van der Waals surface area contributed by atoms with Crippen molar-refractivity contribution in [3.63, 3.8) is 0 Å². The third-order valence-corrected chi connectivity index (χ3v) is 5.25. The van der Waals surface area contributed by atoms with Gasteiger partial charge >= 0.3 is 0 Å². The Morgan fingerprint density at radius 3 is 2.23 bits per heavy atom. The number of nitro groups is 1. The van der Waals surface area contributed by atoms with Gasteiger partial charge in [0.05, 0.1) is 11.5 Å². The van der Waals surface area contributed by atoms with E-state index < -0.39 is 10.8 Å². The van der Waals surface area contributed by atoms with Crippen LogP contribution in [0, 0.1) is 10.1 Å². The first kappa shape index (κ1) is 21.9. The normalized spacial score (nSPS) is 13.6. The average molecular weight is 424 g/mol. The molecule has 1 fully saturated rings. The lowest BCUT2D eigenvalue weighted by Gasteiger charge is -2.35. The molecule has 1 heterocycles. The highest BCUT2D eigenvalue weighted by Crippen LogP contribution is 2.13. The van der Waals surface area contributed by atoms with Gasteiger partial charge < -0.3 is 15.1 Å². The van der Waals surface area contributed by atoms with Crippen molar-refractivity contribution in [2.24, 2.45) is 0 Å². The molecular formula is C22H24N4O5. The number of benzene rings is 2. The molecule has 0 bridgehead atoms. The van der Waals surface area contributed by atoms with E-state index in [1.807, 2.05) is 24.3 Å². The van der Waals surface area contributed by atoms with Gasteiger partial charge in [-0.2, -0.15) is 0 Å². The van der Waals surface area contributed by atoms with Crippen molar-refractivity contribution in [2.75, 3.05) is 32.7 Å². The topological polar surface area (TPSA) is 113 Å². The molecule has 0 radical (unpaired) electrons. The smallest absolute Gasteiger partial charge is 0.270 e. The Morgan fingerprint density at radius 1 is 0.968 bits per heavy atom. The maximum absolute atomic E-state index is 12.6. The average Bonchev–Trinajstić information content (AvgIpc) is 2.82. The molecule has 9 nitrogen and oxygen atoms in total. The maximum atomic E-state index is 12.6. The van der Waals surface area contributed by atoms with Crippen molar-refractivity contribution in [1.29, 1.82) is 0 Å². The summed E-state index contributed by atoms with van der Waals surface area (Å²) in [6.07, 6.45) is 0.910. The van der Waals surface area contributed by atoms with Crippen LogP contribution in [0.5, 0.6) is 0 Å². The summed E-state index contributed by atoms with van der Waals surface area (Å²) in [6, 6.07) is 12.8. The van der Waals surface area contributed by atoms with Gasteiger partial charge in [-0.15, -0.1) is 0 Å². The molecule has 3 rings (SSSR count). The van der Waals surface area contributed by atoms with Gasteiger partial charge in [0.1, 0.15) is 0 Å². The Morgan fingerprint density at radius 2 is 1.61 bits per heavy atom. The van der Waals surface area contributed by atoms with Crippen molar-refractivity contribution in [1.82, 2.24) is 15.1 Å². The standard InChI is InChI=1S/C22H24N4O5/c1-2-16-6-8-17(9-7-16)22(29)25-12-10-24(11-13-25)20(27)15-23-21(28)18-4-3-5-19(14-18)26(30)31/h3-9,14H,2,10-13,15H2,1H3,(H,23,28). The van der Waals surface area contributed by atoms with Crippen molar-refractivity contribution in [3.8, 4) is 0 Å². The molecule has 162 valence electrons. The zero-order valence-electron chi connectivity index (χ0n) is 17.2. The number of amides is 3. The van der Waals surface area contributed by atoms with Gasteiger partial charge in [-0.25, -0.2) is 0 Å². The summed E-state index contributed by atoms with van der Waals surface area (Å²) in [4.78, 5) is 50.8. The Bertz CT molecular complexity index is 982. The minimum absolute atomic E-state index is 0.0614. The predicted octanol–water partition coefficient (Wildman–Crippen LogP) is 1.87. The first-order chi connectivity index (χ1) is 14.9. The summed E-state index contributed by atoms with van der Waals surface area (Å²) < 4.78 is 0. The van der Waals surface area contributed by atoms with E-state index in [4.69, 9.17) is 0 Å². The molecule has 0 saturated carbocycles.